The summed E-state index contributed by atoms with van der Waals surface area (Å²) >= 11 is 0. The Hall–Kier alpha value is -1.69. The Morgan fingerprint density at radius 2 is 1.83 bits per heavy atom. The largest absolute Gasteiger partial charge is 0.462 e. The van der Waals surface area contributed by atoms with Crippen LogP contribution in [0.4, 0.5) is 0 Å². The topological polar surface area (TPSA) is 70.4 Å². The number of aromatic nitrogens is 2. The number of carbonyl (C=O) groups is 2. The van der Waals surface area contributed by atoms with Crippen molar-refractivity contribution < 1.29 is 19.1 Å². The summed E-state index contributed by atoms with van der Waals surface area (Å²) in [5, 5.41) is 4.28. The number of hydrogen-bond acceptors (Lipinski definition) is 5. The van der Waals surface area contributed by atoms with Gasteiger partial charge in [0.2, 0.25) is 0 Å². The van der Waals surface area contributed by atoms with Crippen molar-refractivity contribution in [1.82, 2.24) is 9.78 Å². The van der Waals surface area contributed by atoms with E-state index in [0.29, 0.717) is 23.5 Å². The average Bonchev–Trinajstić information content (AvgIpc) is 3.43. The molecular weight excluding hydrogens is 440 g/mol. The number of ether oxygens (including phenoxy) is 2. The Balaban J connectivity index is 1.27. The van der Waals surface area contributed by atoms with Gasteiger partial charge in [-0.25, -0.2) is 4.79 Å². The van der Waals surface area contributed by atoms with Crippen LogP contribution in [-0.4, -0.2) is 41.9 Å². The first-order valence-electron chi connectivity index (χ1n) is 14.0. The minimum Gasteiger partial charge on any atom is -0.462 e. The summed E-state index contributed by atoms with van der Waals surface area (Å²) in [7, 11) is 1.84. The molecule has 6 heteroatoms. The highest BCUT2D eigenvalue weighted by atomic mass is 16.5. The van der Waals surface area contributed by atoms with E-state index in [1.165, 1.54) is 57.6 Å². The molecular formula is C29H44N2O4. The second-order valence-electron chi connectivity index (χ2n) is 12.5. The minimum absolute atomic E-state index is 0.103. The van der Waals surface area contributed by atoms with Crippen LogP contribution in [0.5, 0.6) is 0 Å². The lowest BCUT2D eigenvalue weighted by atomic mass is 9.44. The third kappa shape index (κ3) is 4.28. The zero-order valence-electron chi connectivity index (χ0n) is 22.1. The Morgan fingerprint density at radius 3 is 2.60 bits per heavy atom. The second kappa shape index (κ2) is 9.64. The van der Waals surface area contributed by atoms with Crippen molar-refractivity contribution in [3.63, 3.8) is 0 Å². The molecule has 4 aliphatic carbocycles. The SMILES string of the molecule is CCOC(=O)c1cnn(CC(=O)C2CCC3C4CCC5CC(COC)CCC5(C)C4CCC23C)c1. The average molecular weight is 485 g/mol. The monoisotopic (exact) mass is 484 g/mol. The molecule has 6 nitrogen and oxygen atoms in total. The lowest BCUT2D eigenvalue weighted by molar-refractivity contribution is -0.138. The van der Waals surface area contributed by atoms with Crippen LogP contribution >= 0.6 is 0 Å². The van der Waals surface area contributed by atoms with Crippen LogP contribution in [0.15, 0.2) is 12.4 Å². The fourth-order valence-corrected chi connectivity index (χ4v) is 9.30. The molecule has 4 aliphatic rings. The van der Waals surface area contributed by atoms with Crippen LogP contribution in [0.1, 0.15) is 88.9 Å². The van der Waals surface area contributed by atoms with E-state index in [1.807, 2.05) is 7.11 Å². The number of carbonyl (C=O) groups excluding carboxylic acids is 2. The third-order valence-electron chi connectivity index (χ3n) is 11.0. The van der Waals surface area contributed by atoms with E-state index >= 15 is 0 Å². The minimum atomic E-state index is -0.377. The van der Waals surface area contributed by atoms with E-state index in [0.717, 1.165) is 36.7 Å². The lowest BCUT2D eigenvalue weighted by Crippen LogP contribution is -2.54. The first kappa shape index (κ1) is 25.0. The number of rotatable bonds is 7. The number of Topliss-reactive ketones (excluding diaryl/α,β-unsaturated/α-hetero) is 1. The zero-order valence-corrected chi connectivity index (χ0v) is 22.1. The van der Waals surface area contributed by atoms with Crippen LogP contribution in [-0.2, 0) is 20.8 Å². The summed E-state index contributed by atoms with van der Waals surface area (Å²) in [4.78, 5) is 25.5. The number of ketones is 1. The normalized spacial score (nSPS) is 40.5. The van der Waals surface area contributed by atoms with Crippen molar-refractivity contribution in [1.29, 1.82) is 0 Å². The summed E-state index contributed by atoms with van der Waals surface area (Å²) in [6.07, 6.45) is 14.5. The van der Waals surface area contributed by atoms with Crippen LogP contribution < -0.4 is 0 Å². The summed E-state index contributed by atoms with van der Waals surface area (Å²) in [6.45, 7) is 8.32. The molecule has 4 saturated carbocycles. The van der Waals surface area contributed by atoms with Gasteiger partial charge >= 0.3 is 5.97 Å². The van der Waals surface area contributed by atoms with Gasteiger partial charge < -0.3 is 9.47 Å². The molecule has 8 unspecified atom stereocenters. The third-order valence-corrected chi connectivity index (χ3v) is 11.0. The van der Waals surface area contributed by atoms with Gasteiger partial charge in [0.05, 0.1) is 24.9 Å². The number of methoxy groups -OCH3 is 1. The van der Waals surface area contributed by atoms with Gasteiger partial charge in [0.25, 0.3) is 0 Å². The van der Waals surface area contributed by atoms with E-state index in [2.05, 4.69) is 18.9 Å². The fourth-order valence-electron chi connectivity index (χ4n) is 9.30. The highest BCUT2D eigenvalue weighted by Gasteiger charge is 2.61. The van der Waals surface area contributed by atoms with Crippen molar-refractivity contribution in [2.24, 2.45) is 46.3 Å². The molecule has 1 heterocycles. The first-order chi connectivity index (χ1) is 16.8. The molecule has 0 spiro atoms. The smallest absolute Gasteiger partial charge is 0.341 e. The molecule has 1 aromatic heterocycles. The Labute approximate surface area is 210 Å². The Kier molecular flexibility index (Phi) is 6.88. The van der Waals surface area contributed by atoms with Crippen molar-refractivity contribution in [2.75, 3.05) is 20.3 Å². The Bertz CT molecular complexity index is 943. The molecule has 8 atom stereocenters. The van der Waals surface area contributed by atoms with Crippen molar-refractivity contribution in [3.8, 4) is 0 Å². The van der Waals surface area contributed by atoms with Crippen LogP contribution in [0.3, 0.4) is 0 Å². The molecule has 4 fully saturated rings. The van der Waals surface area contributed by atoms with E-state index in [9.17, 15) is 9.59 Å². The quantitative estimate of drug-likeness (QED) is 0.475. The maximum absolute atomic E-state index is 13.5. The highest BCUT2D eigenvalue weighted by Crippen LogP contribution is 2.67. The standard InChI is InChI=1S/C29H44N2O4/c1-5-35-27(33)20-15-30-31(16-20)17-26(32)25-9-8-23-22-7-6-21-14-19(18-34-4)10-12-28(21,2)24(22)11-13-29(23,25)3/h15-16,19,21-25H,5-14,17-18H2,1-4H3. The van der Waals surface area contributed by atoms with Gasteiger partial charge in [0, 0.05) is 25.8 Å². The first-order valence-corrected chi connectivity index (χ1v) is 14.0. The van der Waals surface area contributed by atoms with E-state index in [-0.39, 0.29) is 29.6 Å². The zero-order chi connectivity index (χ0) is 24.8. The van der Waals surface area contributed by atoms with E-state index in [1.54, 1.807) is 17.8 Å². The number of fused-ring (bicyclic) bond motifs is 5. The van der Waals surface area contributed by atoms with Crippen LogP contribution in [0.2, 0.25) is 0 Å². The second-order valence-corrected chi connectivity index (χ2v) is 12.5. The molecule has 0 bridgehead atoms. The molecule has 194 valence electrons. The van der Waals surface area contributed by atoms with E-state index in [4.69, 9.17) is 9.47 Å². The number of nitrogens with zero attached hydrogens (tertiary/aromatic N) is 2. The van der Waals surface area contributed by atoms with Gasteiger partial charge in [-0.3, -0.25) is 9.48 Å². The maximum Gasteiger partial charge on any atom is 0.341 e. The maximum atomic E-state index is 13.5. The molecule has 0 saturated heterocycles. The number of esters is 1. The highest BCUT2D eigenvalue weighted by molar-refractivity contribution is 5.89. The van der Waals surface area contributed by atoms with Gasteiger partial charge in [0.1, 0.15) is 0 Å². The predicted octanol–water partition coefficient (Wildman–Crippen LogP) is 5.55. The Morgan fingerprint density at radius 1 is 1.06 bits per heavy atom. The molecule has 0 radical (unpaired) electrons. The molecule has 1 aromatic rings. The van der Waals surface area contributed by atoms with Crippen molar-refractivity contribution >= 4 is 11.8 Å². The molecule has 35 heavy (non-hydrogen) atoms. The molecule has 0 N–H and O–H groups in total. The summed E-state index contributed by atoms with van der Waals surface area (Å²) in [6, 6.07) is 0. The number of hydrogen-bond donors (Lipinski definition) is 0. The fraction of sp³-hybridized carbons (Fsp3) is 0.828. The van der Waals surface area contributed by atoms with Gasteiger partial charge in [0.15, 0.2) is 5.78 Å². The molecule has 0 aliphatic heterocycles. The summed E-state index contributed by atoms with van der Waals surface area (Å²) in [5.74, 6) is 3.84. The summed E-state index contributed by atoms with van der Waals surface area (Å²) in [5.41, 5.74) is 0.988. The van der Waals surface area contributed by atoms with Crippen LogP contribution in [0, 0.1) is 46.3 Å². The van der Waals surface area contributed by atoms with Crippen LogP contribution in [0.25, 0.3) is 0 Å². The summed E-state index contributed by atoms with van der Waals surface area (Å²) < 4.78 is 12.2. The molecule has 0 amide bonds. The van der Waals surface area contributed by atoms with Gasteiger partial charge in [-0.05, 0) is 105 Å². The van der Waals surface area contributed by atoms with Gasteiger partial charge in [-0.2, -0.15) is 5.10 Å². The van der Waals surface area contributed by atoms with Crippen molar-refractivity contribution in [2.45, 2.75) is 85.1 Å². The molecule has 5 rings (SSSR count). The van der Waals surface area contributed by atoms with Gasteiger partial charge in [-0.15, -0.1) is 0 Å². The van der Waals surface area contributed by atoms with Gasteiger partial charge in [-0.1, -0.05) is 13.8 Å². The molecule has 0 aromatic carbocycles. The van der Waals surface area contributed by atoms with E-state index < -0.39 is 0 Å². The predicted molar refractivity (Wildman–Crippen MR) is 134 cm³/mol. The van der Waals surface area contributed by atoms with Crippen molar-refractivity contribution in [3.05, 3.63) is 18.0 Å². The lowest BCUT2D eigenvalue weighted by Gasteiger charge is -2.61.